The highest BCUT2D eigenvalue weighted by atomic mass is 19.1. The summed E-state index contributed by atoms with van der Waals surface area (Å²) < 4.78 is 26.6. The average Bonchev–Trinajstić information content (AvgIpc) is 3.33. The van der Waals surface area contributed by atoms with E-state index in [1.54, 1.807) is 36.2 Å². The Kier molecular flexibility index (Phi) is 4.53. The molecule has 0 N–H and O–H groups in total. The van der Waals surface area contributed by atoms with Crippen molar-refractivity contribution >= 4 is 5.69 Å². The molecule has 1 atom stereocenters. The second-order valence-corrected chi connectivity index (χ2v) is 6.05. The molecule has 0 bridgehead atoms. The summed E-state index contributed by atoms with van der Waals surface area (Å²) in [6.07, 6.45) is 1.48. The van der Waals surface area contributed by atoms with Gasteiger partial charge in [-0.05, 0) is 18.2 Å². The number of anilines is 1. The molecule has 7 heteroatoms. The molecule has 0 spiro atoms. The van der Waals surface area contributed by atoms with Gasteiger partial charge in [0.15, 0.2) is 6.23 Å². The molecule has 134 valence electrons. The number of methoxy groups -OCH3 is 1. The summed E-state index contributed by atoms with van der Waals surface area (Å²) in [5.74, 6) is 0.538. The van der Waals surface area contributed by atoms with Crippen molar-refractivity contribution in [3.63, 3.8) is 0 Å². The summed E-state index contributed by atoms with van der Waals surface area (Å²) in [7, 11) is 1.64. The largest absolute Gasteiger partial charge is 0.497 e. The van der Waals surface area contributed by atoms with E-state index in [0.717, 1.165) is 18.0 Å². The molecular formula is C19H19FN4O2. The Hall–Kier alpha value is -2.93. The van der Waals surface area contributed by atoms with Crippen LogP contribution in [0.15, 0.2) is 54.7 Å². The predicted molar refractivity (Wildman–Crippen MR) is 94.6 cm³/mol. The number of nitrogens with zero attached hydrogens (tertiary/aromatic N) is 4. The summed E-state index contributed by atoms with van der Waals surface area (Å²) in [5.41, 5.74) is 2.26. The van der Waals surface area contributed by atoms with Crippen molar-refractivity contribution in [1.82, 2.24) is 15.0 Å². The van der Waals surface area contributed by atoms with Crippen LogP contribution in [0.25, 0.3) is 0 Å². The van der Waals surface area contributed by atoms with Crippen molar-refractivity contribution in [2.45, 2.75) is 12.8 Å². The lowest BCUT2D eigenvalue weighted by molar-refractivity contribution is 0.110. The monoisotopic (exact) mass is 354 g/mol. The van der Waals surface area contributed by atoms with Crippen molar-refractivity contribution in [1.29, 1.82) is 0 Å². The minimum Gasteiger partial charge on any atom is -0.497 e. The molecule has 1 aliphatic rings. The van der Waals surface area contributed by atoms with Crippen LogP contribution in [0.1, 0.15) is 17.5 Å². The van der Waals surface area contributed by atoms with Gasteiger partial charge in [0, 0.05) is 23.9 Å². The summed E-state index contributed by atoms with van der Waals surface area (Å²) >= 11 is 0. The first-order valence-electron chi connectivity index (χ1n) is 8.40. The lowest BCUT2D eigenvalue weighted by Gasteiger charge is -2.23. The quantitative estimate of drug-likeness (QED) is 0.705. The third-order valence-corrected chi connectivity index (χ3v) is 4.38. The molecule has 0 radical (unpaired) electrons. The lowest BCUT2D eigenvalue weighted by Crippen LogP contribution is -2.23. The molecule has 0 aliphatic carbocycles. The number of benzene rings is 2. The van der Waals surface area contributed by atoms with Gasteiger partial charge < -0.3 is 14.4 Å². The van der Waals surface area contributed by atoms with E-state index in [4.69, 9.17) is 9.47 Å². The number of hydrogen-bond donors (Lipinski definition) is 0. The molecule has 2 heterocycles. The molecular weight excluding hydrogens is 335 g/mol. The first-order chi connectivity index (χ1) is 12.7. The Morgan fingerprint density at radius 1 is 1.23 bits per heavy atom. The molecule has 26 heavy (non-hydrogen) atoms. The van der Waals surface area contributed by atoms with Gasteiger partial charge in [-0.25, -0.2) is 9.07 Å². The van der Waals surface area contributed by atoms with E-state index < -0.39 is 0 Å². The highest BCUT2D eigenvalue weighted by Crippen LogP contribution is 2.32. The Morgan fingerprint density at radius 3 is 2.96 bits per heavy atom. The molecule has 0 saturated carbocycles. The Balaban J connectivity index is 1.55. The van der Waals surface area contributed by atoms with Crippen LogP contribution in [0, 0.1) is 5.82 Å². The highest BCUT2D eigenvalue weighted by Gasteiger charge is 2.30. The maximum atomic E-state index is 13.8. The van der Waals surface area contributed by atoms with Crippen LogP contribution in [0.4, 0.5) is 10.1 Å². The standard InChI is InChI=1S/C19H19FN4O2/c1-25-16-7-4-6-15(11-16)24-9-10-26-19(24)18-13-23(22-21-18)12-14-5-2-3-8-17(14)20/h2-8,11,13,19H,9-10,12H2,1H3. The van der Waals surface area contributed by atoms with Crippen LogP contribution in [-0.2, 0) is 11.3 Å². The minimum atomic E-state index is -0.323. The molecule has 0 amide bonds. The van der Waals surface area contributed by atoms with Crippen molar-refractivity contribution in [3.05, 3.63) is 71.8 Å². The third-order valence-electron chi connectivity index (χ3n) is 4.38. The van der Waals surface area contributed by atoms with Crippen molar-refractivity contribution in [2.24, 2.45) is 0 Å². The Bertz CT molecular complexity index is 899. The summed E-state index contributed by atoms with van der Waals surface area (Å²) in [4.78, 5) is 2.11. The molecule has 2 aromatic carbocycles. The van der Waals surface area contributed by atoms with E-state index in [9.17, 15) is 4.39 Å². The van der Waals surface area contributed by atoms with E-state index in [0.29, 0.717) is 24.4 Å². The van der Waals surface area contributed by atoms with Gasteiger partial charge >= 0.3 is 0 Å². The Labute approximate surface area is 150 Å². The summed E-state index contributed by atoms with van der Waals surface area (Å²) in [6, 6.07) is 14.5. The van der Waals surface area contributed by atoms with E-state index >= 15 is 0 Å². The molecule has 3 aromatic rings. The number of ether oxygens (including phenoxy) is 2. The zero-order valence-corrected chi connectivity index (χ0v) is 14.4. The van der Waals surface area contributed by atoms with Gasteiger partial charge in [-0.2, -0.15) is 0 Å². The van der Waals surface area contributed by atoms with Crippen LogP contribution < -0.4 is 9.64 Å². The van der Waals surface area contributed by atoms with E-state index in [1.807, 2.05) is 24.3 Å². The fraction of sp³-hybridized carbons (Fsp3) is 0.263. The summed E-state index contributed by atoms with van der Waals surface area (Å²) in [5, 5.41) is 8.36. The van der Waals surface area contributed by atoms with Gasteiger partial charge in [0.2, 0.25) is 0 Å². The normalized spacial score (nSPS) is 16.8. The molecule has 4 rings (SSSR count). The topological polar surface area (TPSA) is 52.4 Å². The molecule has 6 nitrogen and oxygen atoms in total. The molecule has 1 aromatic heterocycles. The number of halogens is 1. The molecule has 1 unspecified atom stereocenters. The van der Waals surface area contributed by atoms with Crippen molar-refractivity contribution in [2.75, 3.05) is 25.2 Å². The fourth-order valence-electron chi connectivity index (χ4n) is 3.07. The third kappa shape index (κ3) is 3.25. The van der Waals surface area contributed by atoms with Gasteiger partial charge in [0.1, 0.15) is 17.3 Å². The molecule has 1 fully saturated rings. The van der Waals surface area contributed by atoms with Gasteiger partial charge in [-0.1, -0.05) is 29.5 Å². The maximum Gasteiger partial charge on any atom is 0.177 e. The van der Waals surface area contributed by atoms with Crippen molar-refractivity contribution < 1.29 is 13.9 Å². The molecule has 1 aliphatic heterocycles. The van der Waals surface area contributed by atoms with Crippen molar-refractivity contribution in [3.8, 4) is 5.75 Å². The fourth-order valence-corrected chi connectivity index (χ4v) is 3.07. The molecule has 1 saturated heterocycles. The minimum absolute atomic E-state index is 0.250. The lowest BCUT2D eigenvalue weighted by atomic mass is 10.2. The first kappa shape index (κ1) is 16.5. The van der Waals surface area contributed by atoms with Gasteiger partial charge in [0.25, 0.3) is 0 Å². The second kappa shape index (κ2) is 7.13. The van der Waals surface area contributed by atoms with Crippen LogP contribution >= 0.6 is 0 Å². The first-order valence-corrected chi connectivity index (χ1v) is 8.40. The van der Waals surface area contributed by atoms with Crippen LogP contribution in [0.2, 0.25) is 0 Å². The number of hydrogen-bond acceptors (Lipinski definition) is 5. The SMILES string of the molecule is COc1cccc(N2CCOC2c2cn(Cc3ccccc3F)nn2)c1. The van der Waals surface area contributed by atoms with E-state index in [2.05, 4.69) is 15.2 Å². The highest BCUT2D eigenvalue weighted by molar-refractivity contribution is 5.52. The van der Waals surface area contributed by atoms with Gasteiger partial charge in [-0.15, -0.1) is 5.10 Å². The number of aromatic nitrogens is 3. The zero-order valence-electron chi connectivity index (χ0n) is 14.4. The van der Waals surface area contributed by atoms with Gasteiger partial charge in [-0.3, -0.25) is 0 Å². The van der Waals surface area contributed by atoms with Crippen LogP contribution in [0.5, 0.6) is 5.75 Å². The zero-order chi connectivity index (χ0) is 17.9. The average molecular weight is 354 g/mol. The Morgan fingerprint density at radius 2 is 2.12 bits per heavy atom. The smallest absolute Gasteiger partial charge is 0.177 e. The maximum absolute atomic E-state index is 13.8. The number of rotatable bonds is 5. The van der Waals surface area contributed by atoms with Crippen LogP contribution in [0.3, 0.4) is 0 Å². The predicted octanol–water partition coefficient (Wildman–Crippen LogP) is 3.01. The van der Waals surface area contributed by atoms with E-state index in [-0.39, 0.29) is 12.0 Å². The summed E-state index contributed by atoms with van der Waals surface area (Å²) in [6.45, 7) is 1.67. The van der Waals surface area contributed by atoms with Gasteiger partial charge in [0.05, 0.1) is 26.5 Å². The van der Waals surface area contributed by atoms with Crippen LogP contribution in [-0.4, -0.2) is 35.3 Å². The second-order valence-electron chi connectivity index (χ2n) is 6.05. The van der Waals surface area contributed by atoms with E-state index in [1.165, 1.54) is 6.07 Å².